The summed E-state index contributed by atoms with van der Waals surface area (Å²) >= 11 is 0. The molecule has 0 radical (unpaired) electrons. The molecule has 0 atom stereocenters. The Morgan fingerprint density at radius 1 is 1.08 bits per heavy atom. The Morgan fingerprint density at radius 3 is 2.58 bits per heavy atom. The molecule has 0 aliphatic carbocycles. The molecule has 0 amide bonds. The summed E-state index contributed by atoms with van der Waals surface area (Å²) in [6.07, 6.45) is 1.64. The zero-order chi connectivity index (χ0) is 16.7. The van der Waals surface area contributed by atoms with Gasteiger partial charge in [0.2, 0.25) is 0 Å². The summed E-state index contributed by atoms with van der Waals surface area (Å²) in [6, 6.07) is 17.9. The van der Waals surface area contributed by atoms with Crippen LogP contribution in [-0.2, 0) is 0 Å². The topological polar surface area (TPSA) is 86.9 Å². The highest BCUT2D eigenvalue weighted by atomic mass is 16.1. The van der Waals surface area contributed by atoms with Crippen molar-refractivity contribution in [3.63, 3.8) is 0 Å². The molecular weight excluding hydrogens is 302 g/mol. The maximum atomic E-state index is 12.8. The molecule has 0 unspecified atom stereocenters. The van der Waals surface area contributed by atoms with Gasteiger partial charge >= 0.3 is 0 Å². The molecule has 0 saturated carbocycles. The van der Waals surface area contributed by atoms with E-state index in [4.69, 9.17) is 5.41 Å². The van der Waals surface area contributed by atoms with Crippen molar-refractivity contribution in [1.29, 1.82) is 10.7 Å². The molecule has 0 aliphatic heterocycles. The van der Waals surface area contributed by atoms with Crippen LogP contribution in [0, 0.1) is 16.7 Å². The first-order chi connectivity index (χ1) is 11.7. The number of fused-ring (bicyclic) bond motifs is 2. The highest BCUT2D eigenvalue weighted by Crippen LogP contribution is 2.14. The Kier molecular flexibility index (Phi) is 3.00. The highest BCUT2D eigenvalue weighted by molar-refractivity contribution is 5.79. The maximum Gasteiger partial charge on any atom is 0.267 e. The van der Waals surface area contributed by atoms with Gasteiger partial charge in [0.1, 0.15) is 17.2 Å². The lowest BCUT2D eigenvalue weighted by Gasteiger charge is -2.12. The number of nitriles is 1. The van der Waals surface area contributed by atoms with E-state index < -0.39 is 0 Å². The Morgan fingerprint density at radius 2 is 1.83 bits per heavy atom. The van der Waals surface area contributed by atoms with Gasteiger partial charge in [0.15, 0.2) is 5.65 Å². The fourth-order valence-corrected chi connectivity index (χ4v) is 2.74. The quantitative estimate of drug-likeness (QED) is 0.545. The number of aromatic nitrogens is 3. The van der Waals surface area contributed by atoms with Crippen LogP contribution in [-0.4, -0.2) is 14.0 Å². The van der Waals surface area contributed by atoms with Gasteiger partial charge in [-0.3, -0.25) is 19.2 Å². The molecule has 0 saturated heterocycles. The van der Waals surface area contributed by atoms with Gasteiger partial charge in [-0.1, -0.05) is 24.3 Å². The van der Waals surface area contributed by atoms with Crippen molar-refractivity contribution in [3.8, 4) is 11.8 Å². The second-order valence-electron chi connectivity index (χ2n) is 5.27. The first-order valence-corrected chi connectivity index (χ1v) is 7.28. The van der Waals surface area contributed by atoms with E-state index >= 15 is 0 Å². The number of para-hydroxylation sites is 1. The Bertz CT molecular complexity index is 1250. The average molecular weight is 313 g/mol. The van der Waals surface area contributed by atoms with E-state index in [-0.39, 0.29) is 16.6 Å². The molecular formula is C18H11N5O. The SMILES string of the molecule is N#Cc1cc2c(=O)n3ccccc3nc2n(-c2ccccc2)c1=N. The lowest BCUT2D eigenvalue weighted by Crippen LogP contribution is -2.26. The van der Waals surface area contributed by atoms with Crippen LogP contribution >= 0.6 is 0 Å². The normalized spacial score (nSPS) is 10.8. The molecule has 0 aliphatic rings. The zero-order valence-electron chi connectivity index (χ0n) is 12.5. The van der Waals surface area contributed by atoms with E-state index in [9.17, 15) is 10.1 Å². The second-order valence-corrected chi connectivity index (χ2v) is 5.27. The molecule has 114 valence electrons. The highest BCUT2D eigenvalue weighted by Gasteiger charge is 2.14. The summed E-state index contributed by atoms with van der Waals surface area (Å²) in [5.74, 6) is 0. The number of hydrogen-bond donors (Lipinski definition) is 1. The number of rotatable bonds is 1. The second kappa shape index (κ2) is 5.18. The third kappa shape index (κ3) is 1.92. The van der Waals surface area contributed by atoms with E-state index in [1.165, 1.54) is 15.0 Å². The van der Waals surface area contributed by atoms with Gasteiger partial charge in [-0.25, -0.2) is 4.98 Å². The van der Waals surface area contributed by atoms with E-state index in [1.807, 2.05) is 36.4 Å². The van der Waals surface area contributed by atoms with Crippen molar-refractivity contribution in [2.24, 2.45) is 0 Å². The lowest BCUT2D eigenvalue weighted by molar-refractivity contribution is 0.930. The number of hydrogen-bond acceptors (Lipinski definition) is 4. The molecule has 3 heterocycles. The van der Waals surface area contributed by atoms with Gasteiger partial charge in [-0.05, 0) is 30.3 Å². The fraction of sp³-hybridized carbons (Fsp3) is 0. The molecule has 0 bridgehead atoms. The van der Waals surface area contributed by atoms with Crippen LogP contribution in [0.15, 0.2) is 65.6 Å². The molecule has 1 N–H and O–H groups in total. The predicted molar refractivity (Wildman–Crippen MR) is 88.9 cm³/mol. The summed E-state index contributed by atoms with van der Waals surface area (Å²) in [6.45, 7) is 0. The van der Waals surface area contributed by atoms with Crippen molar-refractivity contribution < 1.29 is 0 Å². The summed E-state index contributed by atoms with van der Waals surface area (Å²) in [5, 5.41) is 18.0. The average Bonchev–Trinajstić information content (AvgIpc) is 2.62. The summed E-state index contributed by atoms with van der Waals surface area (Å²) in [7, 11) is 0. The molecule has 24 heavy (non-hydrogen) atoms. The summed E-state index contributed by atoms with van der Waals surface area (Å²) < 4.78 is 2.96. The number of nitrogens with zero attached hydrogens (tertiary/aromatic N) is 4. The third-order valence-electron chi connectivity index (χ3n) is 3.86. The lowest BCUT2D eigenvalue weighted by atomic mass is 10.2. The van der Waals surface area contributed by atoms with Crippen LogP contribution < -0.4 is 11.0 Å². The molecule has 4 aromatic rings. The van der Waals surface area contributed by atoms with Crippen molar-refractivity contribution in [3.05, 3.63) is 82.2 Å². The third-order valence-corrected chi connectivity index (χ3v) is 3.86. The molecule has 0 fully saturated rings. The van der Waals surface area contributed by atoms with Gasteiger partial charge < -0.3 is 0 Å². The number of pyridine rings is 2. The smallest absolute Gasteiger partial charge is 0.267 e. The molecule has 6 nitrogen and oxygen atoms in total. The molecule has 4 rings (SSSR count). The predicted octanol–water partition coefficient (Wildman–Crippen LogP) is 1.99. The van der Waals surface area contributed by atoms with Crippen molar-refractivity contribution in [2.45, 2.75) is 0 Å². The molecule has 0 spiro atoms. The minimum Gasteiger partial charge on any atom is -0.283 e. The Hall–Kier alpha value is -3.72. The first kappa shape index (κ1) is 13.9. The molecule has 1 aromatic carbocycles. The van der Waals surface area contributed by atoms with Crippen molar-refractivity contribution >= 4 is 16.7 Å². The standard InChI is InChI=1S/C18H11N5O/c19-11-12-10-14-17(21-15-8-4-5-9-22(15)18(14)24)23(16(12)20)13-6-2-1-3-7-13/h1-10,20H. The van der Waals surface area contributed by atoms with Gasteiger partial charge in [-0.2, -0.15) is 5.26 Å². The minimum atomic E-state index is -0.267. The maximum absolute atomic E-state index is 12.8. The van der Waals surface area contributed by atoms with Crippen LogP contribution in [0.4, 0.5) is 0 Å². The van der Waals surface area contributed by atoms with Crippen molar-refractivity contribution in [1.82, 2.24) is 14.0 Å². The summed E-state index contributed by atoms with van der Waals surface area (Å²) in [5.41, 5.74) is 1.39. The fourth-order valence-electron chi connectivity index (χ4n) is 2.74. The van der Waals surface area contributed by atoms with Crippen LogP contribution in [0.5, 0.6) is 0 Å². The van der Waals surface area contributed by atoms with Gasteiger partial charge in [0, 0.05) is 11.9 Å². The number of nitrogens with one attached hydrogen (secondary N) is 1. The summed E-state index contributed by atoms with van der Waals surface area (Å²) in [4.78, 5) is 17.3. The van der Waals surface area contributed by atoms with Crippen LogP contribution in [0.25, 0.3) is 22.4 Å². The Balaban J connectivity index is 2.30. The monoisotopic (exact) mass is 313 g/mol. The van der Waals surface area contributed by atoms with E-state index in [0.29, 0.717) is 22.4 Å². The van der Waals surface area contributed by atoms with Crippen LogP contribution in [0.2, 0.25) is 0 Å². The van der Waals surface area contributed by atoms with E-state index in [0.717, 1.165) is 0 Å². The van der Waals surface area contributed by atoms with Crippen LogP contribution in [0.3, 0.4) is 0 Å². The first-order valence-electron chi connectivity index (χ1n) is 7.28. The largest absolute Gasteiger partial charge is 0.283 e. The zero-order valence-corrected chi connectivity index (χ0v) is 12.5. The van der Waals surface area contributed by atoms with E-state index in [1.54, 1.807) is 24.4 Å². The number of benzene rings is 1. The van der Waals surface area contributed by atoms with Crippen molar-refractivity contribution in [2.75, 3.05) is 0 Å². The Labute approximate surface area is 136 Å². The minimum absolute atomic E-state index is 0.00313. The van der Waals surface area contributed by atoms with Gasteiger partial charge in [0.25, 0.3) is 5.56 Å². The van der Waals surface area contributed by atoms with Gasteiger partial charge in [-0.15, -0.1) is 0 Å². The molecule has 3 aromatic heterocycles. The van der Waals surface area contributed by atoms with E-state index in [2.05, 4.69) is 4.98 Å². The van der Waals surface area contributed by atoms with Gasteiger partial charge in [0.05, 0.1) is 10.9 Å². The van der Waals surface area contributed by atoms with Crippen LogP contribution in [0.1, 0.15) is 5.56 Å². The molecule has 6 heteroatoms.